The van der Waals surface area contributed by atoms with Crippen molar-refractivity contribution >= 4 is 5.91 Å². The van der Waals surface area contributed by atoms with Crippen LogP contribution in [-0.4, -0.2) is 193 Å². The molecule has 12 N–H and O–H groups in total. The number of unbranched alkanes of at least 4 members (excludes halogenated alkanes) is 19. The summed E-state index contributed by atoms with van der Waals surface area (Å²) in [6.45, 7) is 1.65. The number of allylic oxidation sites excluding steroid dienone is 24. The van der Waals surface area contributed by atoms with E-state index in [9.17, 15) is 61.0 Å². The van der Waals surface area contributed by atoms with Gasteiger partial charge in [0.25, 0.3) is 0 Å². The van der Waals surface area contributed by atoms with E-state index in [0.717, 1.165) is 109 Å². The Balaban J connectivity index is 1.38. The average molecular weight is 1440 g/mol. The summed E-state index contributed by atoms with van der Waals surface area (Å²) >= 11 is 0. The van der Waals surface area contributed by atoms with E-state index in [-0.39, 0.29) is 18.9 Å². The van der Waals surface area contributed by atoms with Gasteiger partial charge in [0.2, 0.25) is 5.91 Å². The van der Waals surface area contributed by atoms with Crippen molar-refractivity contribution in [2.75, 3.05) is 26.4 Å². The Kier molecular flexibility index (Phi) is 55.7. The Labute approximate surface area is 613 Å². The molecule has 19 heteroatoms. The van der Waals surface area contributed by atoms with Crippen molar-refractivity contribution in [2.45, 2.75) is 343 Å². The van der Waals surface area contributed by atoms with Crippen LogP contribution in [0.15, 0.2) is 146 Å². The third kappa shape index (κ3) is 41.5. The van der Waals surface area contributed by atoms with Gasteiger partial charge in [-0.15, -0.1) is 0 Å². The number of aliphatic hydroxyl groups excluding tert-OH is 11. The zero-order valence-corrected chi connectivity index (χ0v) is 62.0. The molecule has 3 saturated heterocycles. The van der Waals surface area contributed by atoms with Gasteiger partial charge in [0, 0.05) is 6.42 Å². The van der Waals surface area contributed by atoms with E-state index in [4.69, 9.17) is 28.4 Å². The van der Waals surface area contributed by atoms with Gasteiger partial charge in [0.15, 0.2) is 18.9 Å². The number of aliphatic hydroxyl groups is 11. The number of nitrogens with one attached hydrogen (secondary N) is 1. The van der Waals surface area contributed by atoms with Crippen LogP contribution in [0.25, 0.3) is 0 Å². The van der Waals surface area contributed by atoms with Crippen LogP contribution in [0.3, 0.4) is 0 Å². The maximum Gasteiger partial charge on any atom is 0.220 e. The Bertz CT molecular complexity index is 2410. The van der Waals surface area contributed by atoms with Crippen molar-refractivity contribution in [3.05, 3.63) is 146 Å². The highest BCUT2D eigenvalue weighted by molar-refractivity contribution is 5.76. The largest absolute Gasteiger partial charge is 0.394 e. The first-order valence-corrected chi connectivity index (χ1v) is 39.1. The van der Waals surface area contributed by atoms with Gasteiger partial charge in [-0.2, -0.15) is 0 Å². The highest BCUT2D eigenvalue weighted by Gasteiger charge is 2.54. The van der Waals surface area contributed by atoms with E-state index in [1.165, 1.54) is 89.9 Å². The standard InChI is InChI=1S/C83H137NO18/c1-3-5-7-9-11-13-15-17-19-21-23-24-25-26-27-28-29-30-31-32-33-34-35-36-37-38-39-40-41-42-43-45-47-49-51-53-55-57-59-61-71(89)84-66(67(88)60-58-56-54-52-50-48-46-44-22-20-18-16-14-12-10-8-6-4-2)65-97-81-77(95)74(92)79(69(63-86)99-81)102-83-78(96)75(93)80(70(64-87)100-83)101-82-76(94)73(91)72(90)68(62-85)98-82/h5,7,11,13,17,19,23-24,26-27,29-30,32-33,35-36,38-39,41-42,45,47,51,53,66-70,72-83,85-88,90-96H,3-4,6,8-10,12,14-16,18,20-22,25,28,31,34,37,40,43-44,46,48-50,52,54-65H2,1-2H3,(H,84,89)/b7-5-,13-11-,19-17-,24-23-,27-26-,30-29-,33-32-,36-35-,39-38-,42-41-,47-45-,53-51-. The first-order valence-electron chi connectivity index (χ1n) is 39.1. The molecule has 3 heterocycles. The molecule has 0 saturated carbocycles. The Morgan fingerprint density at radius 1 is 0.363 bits per heavy atom. The number of hydrogen-bond donors (Lipinski definition) is 12. The van der Waals surface area contributed by atoms with Crippen LogP contribution < -0.4 is 5.32 Å². The third-order valence-electron chi connectivity index (χ3n) is 18.4. The molecule has 17 unspecified atom stereocenters. The van der Waals surface area contributed by atoms with Crippen molar-refractivity contribution in [2.24, 2.45) is 0 Å². The van der Waals surface area contributed by atoms with E-state index in [1.54, 1.807) is 0 Å². The molecule has 582 valence electrons. The van der Waals surface area contributed by atoms with Crippen LogP contribution >= 0.6 is 0 Å². The maximum atomic E-state index is 13.5. The molecule has 0 radical (unpaired) electrons. The summed E-state index contributed by atoms with van der Waals surface area (Å²) in [6.07, 6.45) is 62.1. The van der Waals surface area contributed by atoms with Gasteiger partial charge >= 0.3 is 0 Å². The second-order valence-electron chi connectivity index (χ2n) is 27.1. The first-order chi connectivity index (χ1) is 49.8. The quantitative estimate of drug-likeness (QED) is 0.0199. The highest BCUT2D eigenvalue weighted by atomic mass is 16.8. The zero-order valence-electron chi connectivity index (χ0n) is 62.0. The molecule has 0 aromatic heterocycles. The van der Waals surface area contributed by atoms with Crippen LogP contribution in [0.4, 0.5) is 0 Å². The van der Waals surface area contributed by atoms with Crippen molar-refractivity contribution in [1.82, 2.24) is 5.32 Å². The topological polar surface area (TPSA) is 307 Å². The zero-order chi connectivity index (χ0) is 73.9. The number of amides is 1. The third-order valence-corrected chi connectivity index (χ3v) is 18.4. The van der Waals surface area contributed by atoms with Gasteiger partial charge in [-0.3, -0.25) is 4.79 Å². The molecular weight excluding hydrogens is 1300 g/mol. The molecule has 3 fully saturated rings. The number of rotatable bonds is 59. The Morgan fingerprint density at radius 2 is 0.676 bits per heavy atom. The van der Waals surface area contributed by atoms with Crippen LogP contribution in [0.2, 0.25) is 0 Å². The fraction of sp³-hybridized carbons (Fsp3) is 0.699. The van der Waals surface area contributed by atoms with Gasteiger partial charge in [0.1, 0.15) is 73.2 Å². The number of carbonyl (C=O) groups is 1. The van der Waals surface area contributed by atoms with Crippen LogP contribution in [-0.2, 0) is 33.2 Å². The van der Waals surface area contributed by atoms with Crippen molar-refractivity contribution < 1.29 is 89.4 Å². The van der Waals surface area contributed by atoms with E-state index < -0.39 is 124 Å². The minimum atomic E-state index is -1.98. The smallest absolute Gasteiger partial charge is 0.220 e. The normalized spacial score (nSPS) is 27.0. The molecule has 0 aliphatic carbocycles. The second kappa shape index (κ2) is 61.8. The first kappa shape index (κ1) is 91.9. The lowest BCUT2D eigenvalue weighted by molar-refractivity contribution is -0.379. The van der Waals surface area contributed by atoms with Gasteiger partial charge < -0.3 is 89.9 Å². The summed E-state index contributed by atoms with van der Waals surface area (Å²) in [7, 11) is 0. The molecule has 0 aromatic rings. The van der Waals surface area contributed by atoms with Crippen molar-refractivity contribution in [3.8, 4) is 0 Å². The molecule has 0 bridgehead atoms. The monoisotopic (exact) mass is 1440 g/mol. The van der Waals surface area contributed by atoms with E-state index in [1.807, 2.05) is 0 Å². The summed E-state index contributed by atoms with van der Waals surface area (Å²) in [5.41, 5.74) is 0. The minimum absolute atomic E-state index is 0.202. The molecule has 3 aliphatic rings. The number of ether oxygens (including phenoxy) is 6. The van der Waals surface area contributed by atoms with Gasteiger partial charge in [-0.1, -0.05) is 275 Å². The number of carbonyl (C=O) groups excluding carboxylic acids is 1. The predicted molar refractivity (Wildman–Crippen MR) is 406 cm³/mol. The molecule has 102 heavy (non-hydrogen) atoms. The van der Waals surface area contributed by atoms with E-state index >= 15 is 0 Å². The molecule has 3 aliphatic heterocycles. The van der Waals surface area contributed by atoms with E-state index in [0.29, 0.717) is 19.3 Å². The van der Waals surface area contributed by atoms with Crippen molar-refractivity contribution in [3.63, 3.8) is 0 Å². The molecule has 1 amide bonds. The Hall–Kier alpha value is -4.33. The molecule has 19 nitrogen and oxygen atoms in total. The van der Waals surface area contributed by atoms with Crippen LogP contribution in [0.5, 0.6) is 0 Å². The lowest BCUT2D eigenvalue weighted by Gasteiger charge is -2.48. The lowest BCUT2D eigenvalue weighted by Crippen LogP contribution is -2.66. The number of hydrogen-bond acceptors (Lipinski definition) is 18. The summed E-state index contributed by atoms with van der Waals surface area (Å²) < 4.78 is 34.4. The SMILES string of the molecule is CC/C=C\C/C=C\C/C=C\C/C=C\C/C=C\C/C=C\C/C=C\C/C=C\C/C=C\C/C=C\C/C=C\C/C=C\CCCCC(=O)NC(COC1OC(CO)C(OC2OC(CO)C(OC3OC(CO)C(O)C(O)C3O)C(O)C2O)C(O)C1O)C(O)CCCCCCCCCCCCCCCCCCCC. The molecule has 0 spiro atoms. The van der Waals surface area contributed by atoms with Gasteiger partial charge in [-0.25, -0.2) is 0 Å². The lowest BCUT2D eigenvalue weighted by atomic mass is 9.96. The molecule has 17 atom stereocenters. The fourth-order valence-corrected chi connectivity index (χ4v) is 12.2. The summed E-state index contributed by atoms with van der Waals surface area (Å²) in [6, 6.07) is -0.922. The molecule has 3 rings (SSSR count). The van der Waals surface area contributed by atoms with Crippen LogP contribution in [0.1, 0.15) is 239 Å². The van der Waals surface area contributed by atoms with Crippen molar-refractivity contribution in [1.29, 1.82) is 0 Å². The molecular formula is C83H137NO18. The summed E-state index contributed by atoms with van der Waals surface area (Å²) in [5.74, 6) is -0.290. The maximum absolute atomic E-state index is 13.5. The Morgan fingerprint density at radius 3 is 1.04 bits per heavy atom. The van der Waals surface area contributed by atoms with Crippen LogP contribution in [0, 0.1) is 0 Å². The highest BCUT2D eigenvalue weighted by Crippen LogP contribution is 2.33. The fourth-order valence-electron chi connectivity index (χ4n) is 12.2. The average Bonchev–Trinajstić information content (AvgIpc) is 0.781. The van der Waals surface area contributed by atoms with Gasteiger partial charge in [0.05, 0.1) is 38.6 Å². The predicted octanol–water partition coefficient (Wildman–Crippen LogP) is 12.7. The van der Waals surface area contributed by atoms with E-state index in [2.05, 4.69) is 165 Å². The van der Waals surface area contributed by atoms with Gasteiger partial charge in [-0.05, 0) is 103 Å². The summed E-state index contributed by atoms with van der Waals surface area (Å²) in [5, 5.41) is 121. The minimum Gasteiger partial charge on any atom is -0.394 e. The second-order valence-corrected chi connectivity index (χ2v) is 27.1. The summed E-state index contributed by atoms with van der Waals surface area (Å²) in [4.78, 5) is 13.5. The molecule has 0 aromatic carbocycles.